The number of hydrogen-bond acceptors (Lipinski definition) is 14. The van der Waals surface area contributed by atoms with E-state index in [1.807, 2.05) is 60.6 Å². The third-order valence-electron chi connectivity index (χ3n) is 20.6. The van der Waals surface area contributed by atoms with Crippen LogP contribution in [0.2, 0.25) is 0 Å². The number of hydrogen-bond donors (Lipinski definition) is 2. The molecule has 5 aliphatic carbocycles. The second-order valence-corrected chi connectivity index (χ2v) is 37.4. The zero-order valence-electron chi connectivity index (χ0n) is 61.8. The molecule has 5 aromatic rings. The number of phenolic OH excluding ortho intramolecular Hbond substituents is 1. The summed E-state index contributed by atoms with van der Waals surface area (Å²) in [6.07, 6.45) is 4.80. The summed E-state index contributed by atoms with van der Waals surface area (Å²) >= 11 is 0. The van der Waals surface area contributed by atoms with Crippen molar-refractivity contribution in [3.8, 4) is 10.6 Å². The maximum atomic E-state index is 13.3. The molecule has 3 unspecified atom stereocenters. The Bertz CT molecular complexity index is 3670. The Hall–Kier alpha value is -5.65. The molecule has 1 aliphatic heterocycles. The van der Waals surface area contributed by atoms with E-state index in [-0.39, 0.29) is 79.7 Å². The second-order valence-electron chi connectivity index (χ2n) is 32.5. The van der Waals surface area contributed by atoms with Crippen molar-refractivity contribution in [3.05, 3.63) is 114 Å². The summed E-state index contributed by atoms with van der Waals surface area (Å²) in [6.45, 7) is 34.8. The first kappa shape index (κ1) is 84.0. The lowest BCUT2D eigenvalue weighted by molar-refractivity contribution is -0.789. The molecule has 99 heavy (non-hydrogen) atoms. The number of benzene rings is 4. The van der Waals surface area contributed by atoms with E-state index in [4.69, 9.17) is 24.5 Å². The molecule has 0 amide bonds. The quantitative estimate of drug-likeness (QED) is 0.0403. The van der Waals surface area contributed by atoms with Crippen molar-refractivity contribution in [1.29, 1.82) is 0 Å². The van der Waals surface area contributed by atoms with Gasteiger partial charge in [0, 0.05) is 46.8 Å². The van der Waals surface area contributed by atoms with Gasteiger partial charge in [-0.15, -0.1) is 0 Å². The Morgan fingerprint density at radius 2 is 1.05 bits per heavy atom. The Balaban J connectivity index is 0.000000228. The molecule has 2 heterocycles. The summed E-state index contributed by atoms with van der Waals surface area (Å²) in [5, 5.41) is 20.2. The molecule has 6 aliphatic rings. The Labute approximate surface area is 591 Å². The lowest BCUT2D eigenvalue weighted by Gasteiger charge is -2.60. The van der Waals surface area contributed by atoms with Gasteiger partial charge in [-0.2, -0.15) is 13.2 Å². The van der Waals surface area contributed by atoms with Crippen molar-refractivity contribution in [2.24, 2.45) is 33.5 Å². The van der Waals surface area contributed by atoms with Crippen molar-refractivity contribution in [2.45, 2.75) is 267 Å². The molecule has 22 heteroatoms. The molecule has 5 saturated carbocycles. The molecule has 4 N–H and O–H groups in total. The van der Waals surface area contributed by atoms with Crippen LogP contribution in [0.15, 0.2) is 103 Å². The summed E-state index contributed by atoms with van der Waals surface area (Å²) in [6, 6.07) is 35.9. The number of halogens is 3. The van der Waals surface area contributed by atoms with E-state index < -0.39 is 66.5 Å². The van der Waals surface area contributed by atoms with Gasteiger partial charge in [0.2, 0.25) is 6.10 Å². The van der Waals surface area contributed by atoms with Crippen molar-refractivity contribution >= 4 is 74.7 Å². The number of phenols is 1. The van der Waals surface area contributed by atoms with E-state index in [1.54, 1.807) is 26.0 Å². The molecular formula is C77H113F3N2O14S3. The van der Waals surface area contributed by atoms with Crippen molar-refractivity contribution < 1.29 is 83.1 Å². The number of nitrogens with two attached hydrogens (primary N) is 1. The highest BCUT2D eigenvalue weighted by Crippen LogP contribution is 2.64. The van der Waals surface area contributed by atoms with Crippen molar-refractivity contribution in [2.75, 3.05) is 12.0 Å². The number of aromatic hydroxyl groups is 1. The van der Waals surface area contributed by atoms with E-state index in [0.29, 0.717) is 37.9 Å². The van der Waals surface area contributed by atoms with E-state index in [1.165, 1.54) is 43.5 Å². The normalized spacial score (nSPS) is 22.0. The number of fused-ring (bicyclic) bond motifs is 3. The van der Waals surface area contributed by atoms with Crippen LogP contribution in [0.25, 0.3) is 30.2 Å². The molecule has 0 radical (unpaired) electrons. The minimum atomic E-state index is -5.27. The number of sulfonamides is 1. The average molecular weight is 1440 g/mol. The minimum absolute atomic E-state index is 0.00100. The average Bonchev–Trinajstić information content (AvgIpc) is 1.34. The summed E-state index contributed by atoms with van der Waals surface area (Å²) < 4.78 is 116. The molecule has 16 nitrogen and oxygen atoms in total. The van der Waals surface area contributed by atoms with Gasteiger partial charge in [-0.1, -0.05) is 96.1 Å². The maximum absolute atomic E-state index is 13.3. The first-order valence-electron chi connectivity index (χ1n) is 34.9. The summed E-state index contributed by atoms with van der Waals surface area (Å²) in [5.74, 6) is -3.19. The number of nitrogens with one attached hydrogen (secondary N) is 1. The maximum Gasteiger partial charge on any atom is 0.426 e. The molecule has 3 atom stereocenters. The standard InChI is InChI=1S/C20H29F3O7S.C18H13S.C15H29NO2.C12H22O2.C11H16O.CH4NO2S/c1-4-17(2,3)15(24)30-19-8-12-5-13(9-19)7-18(6-12,11-19)16(25)29-14(20(21,22)23)10-31(26,27)28;1-2-8-14(9-3-1)19-17-12-6-4-10-15(17)16-11-5-7-13-18(16)19;1-8-13(2,3)12(17)18-11-9-14(4,5)16-15(6,7)10-11;1-5-11(2,3)10(13)14-12(4)8-6-7-9-12;1-4-11(2,3)9-5-7-10(12)8-6-9;1-5(2,3)4/h12-14H,4-11H2,1-3H3,(H,26,27,28);1-13H;11,16H,8-10H2,1-7H3;5-9H2,1-4H3;5-8,12H,4H2,1-3H3;1H3,(H-,2,3,4)/q;+1;;;;-1. The molecule has 4 bridgehead atoms. The third-order valence-corrected chi connectivity index (χ3v) is 23.7. The van der Waals surface area contributed by atoms with E-state index in [9.17, 15) is 53.7 Å². The molecule has 6 fully saturated rings. The van der Waals surface area contributed by atoms with Crippen LogP contribution in [-0.4, -0.2) is 103 Å². The Morgan fingerprint density at radius 3 is 1.47 bits per heavy atom. The molecule has 11 rings (SSSR count). The molecule has 4 aromatic carbocycles. The van der Waals surface area contributed by atoms with Gasteiger partial charge >= 0.3 is 30.1 Å². The third kappa shape index (κ3) is 24.2. The number of esters is 4. The van der Waals surface area contributed by atoms with Gasteiger partial charge in [-0.3, -0.25) is 19.2 Å². The van der Waals surface area contributed by atoms with Crippen LogP contribution in [0.5, 0.6) is 5.75 Å². The van der Waals surface area contributed by atoms with Gasteiger partial charge in [0.05, 0.1) is 58.6 Å². The number of thiophene rings is 1. The SMILES string of the molecule is CCC(C)(C)C(=O)OC1(C)CCCC1.CCC(C)(C)C(=O)OC12CC3CC(C1)CC(C(=O)OC(CS(=O)(=O)[O-])C(F)(F)F)(C3)C2.CCC(C)(C)C(=O)OC1CC(C)(C)[NH2+]C(C)(C)C1.CCC(C)(C)c1ccc(O)cc1.CS([NH-])(=O)=O.c1ccc(-[s+]2c3ccccc3c3ccccc32)cc1. The van der Waals surface area contributed by atoms with Crippen molar-refractivity contribution in [3.63, 3.8) is 0 Å². The van der Waals surface area contributed by atoms with Gasteiger partial charge in [0.25, 0.3) is 0 Å². The van der Waals surface area contributed by atoms with E-state index in [0.717, 1.165) is 57.6 Å². The second kappa shape index (κ2) is 32.8. The first-order valence-corrected chi connectivity index (χ1v) is 39.5. The summed E-state index contributed by atoms with van der Waals surface area (Å²) in [5.41, 5.74) is -2.05. The smallest absolute Gasteiger partial charge is 0.426 e. The van der Waals surface area contributed by atoms with Crippen LogP contribution >= 0.6 is 10.5 Å². The van der Waals surface area contributed by atoms with E-state index in [2.05, 4.69) is 144 Å². The number of alkyl halides is 3. The van der Waals surface area contributed by atoms with Gasteiger partial charge in [0.15, 0.2) is 14.3 Å². The van der Waals surface area contributed by atoms with Crippen molar-refractivity contribution in [1.82, 2.24) is 0 Å². The number of rotatable bonds is 16. The van der Waals surface area contributed by atoms with Crippen LogP contribution in [0.4, 0.5) is 13.2 Å². The zero-order valence-corrected chi connectivity index (χ0v) is 64.3. The predicted octanol–water partition coefficient (Wildman–Crippen LogP) is 17.7. The lowest BCUT2D eigenvalue weighted by atomic mass is 9.48. The zero-order chi connectivity index (χ0) is 74.8. The molecule has 0 spiro atoms. The molecular weight excluding hydrogens is 1330 g/mol. The summed E-state index contributed by atoms with van der Waals surface area (Å²) in [7, 11) is -8.63. The predicted molar refractivity (Wildman–Crippen MR) is 387 cm³/mol. The number of carbonyl (C=O) groups is 4. The highest BCUT2D eigenvalue weighted by Gasteiger charge is 2.64. The number of piperidine rings is 1. The Morgan fingerprint density at radius 1 is 0.626 bits per heavy atom. The number of quaternary nitrogens is 1. The van der Waals surface area contributed by atoms with Gasteiger partial charge in [0.1, 0.15) is 23.1 Å². The molecule has 1 saturated heterocycles. The van der Waals surface area contributed by atoms with Crippen LogP contribution in [-0.2, 0) is 63.7 Å². The van der Waals surface area contributed by atoms with Gasteiger partial charge < -0.3 is 39.1 Å². The molecule has 1 aromatic heterocycles. The highest BCUT2D eigenvalue weighted by atomic mass is 32.2. The van der Waals surface area contributed by atoms with Crippen LogP contribution < -0.4 is 5.32 Å². The van der Waals surface area contributed by atoms with E-state index >= 15 is 0 Å². The largest absolute Gasteiger partial charge is 0.748 e. The number of ether oxygens (including phenoxy) is 4. The fourth-order valence-corrected chi connectivity index (χ4v) is 17.1. The van der Waals surface area contributed by atoms with Crippen LogP contribution in [0.3, 0.4) is 0 Å². The lowest BCUT2D eigenvalue weighted by Crippen LogP contribution is -3.06. The highest BCUT2D eigenvalue weighted by molar-refractivity contribution is 7.92. The molecule has 554 valence electrons. The van der Waals surface area contributed by atoms with Crippen LogP contribution in [0, 0.1) is 33.5 Å². The minimum Gasteiger partial charge on any atom is -0.748 e. The van der Waals surface area contributed by atoms with Gasteiger partial charge in [-0.05, 0) is 231 Å². The first-order chi connectivity index (χ1) is 45.4. The fraction of sp³-hybridized carbons (Fsp3) is 0.636. The van der Waals surface area contributed by atoms with Gasteiger partial charge in [-0.25, -0.2) is 16.8 Å². The summed E-state index contributed by atoms with van der Waals surface area (Å²) in [4.78, 5) is 51.1. The van der Waals surface area contributed by atoms with Crippen LogP contribution in [0.1, 0.15) is 226 Å². The monoisotopic (exact) mass is 1440 g/mol. The topological polar surface area (TPSA) is 257 Å². The Kier molecular flexibility index (Phi) is 27.8. The number of carbonyl (C=O) groups excluding carboxylic acids is 4. The fourth-order valence-electron chi connectivity index (χ4n) is 14.1.